The van der Waals surface area contributed by atoms with Crippen LogP contribution in [0.5, 0.6) is 5.75 Å². The maximum absolute atomic E-state index is 12.4. The van der Waals surface area contributed by atoms with Crippen molar-refractivity contribution in [1.82, 2.24) is 0 Å². The fourth-order valence-electron chi connectivity index (χ4n) is 3.08. The predicted octanol–water partition coefficient (Wildman–Crippen LogP) is 4.37. The van der Waals surface area contributed by atoms with Gasteiger partial charge in [-0.15, -0.1) is 0 Å². The van der Waals surface area contributed by atoms with E-state index in [-0.39, 0.29) is 23.9 Å². The van der Waals surface area contributed by atoms with E-state index < -0.39 is 0 Å². The van der Waals surface area contributed by atoms with Crippen LogP contribution in [-0.4, -0.2) is 18.4 Å². The summed E-state index contributed by atoms with van der Waals surface area (Å²) in [5, 5.41) is 5.98. The molecule has 3 aromatic carbocycles. The van der Waals surface area contributed by atoms with Gasteiger partial charge in [0, 0.05) is 29.1 Å². The first kappa shape index (κ1) is 20.9. The van der Waals surface area contributed by atoms with E-state index in [9.17, 15) is 14.4 Å². The van der Waals surface area contributed by atoms with Crippen molar-refractivity contribution in [2.45, 2.75) is 6.92 Å². The number of carbonyl (C=O) groups excluding carboxylic acids is 2. The van der Waals surface area contributed by atoms with Crippen LogP contribution in [-0.2, 0) is 4.79 Å². The fourth-order valence-corrected chi connectivity index (χ4v) is 3.08. The van der Waals surface area contributed by atoms with Crippen LogP contribution in [0.25, 0.3) is 11.0 Å². The van der Waals surface area contributed by atoms with Crippen molar-refractivity contribution in [2.75, 3.05) is 17.2 Å². The lowest BCUT2D eigenvalue weighted by atomic mass is 10.1. The summed E-state index contributed by atoms with van der Waals surface area (Å²) in [6.07, 6.45) is 1.31. The molecule has 0 aliphatic rings. The van der Waals surface area contributed by atoms with Gasteiger partial charge in [0.25, 0.3) is 11.8 Å². The molecule has 0 saturated carbocycles. The minimum atomic E-state index is -0.373. The molecular formula is C25H20N2O5. The number of benzene rings is 3. The van der Waals surface area contributed by atoms with Crippen LogP contribution < -0.4 is 20.8 Å². The highest BCUT2D eigenvalue weighted by molar-refractivity contribution is 6.04. The summed E-state index contributed by atoms with van der Waals surface area (Å²) < 4.78 is 10.8. The van der Waals surface area contributed by atoms with Crippen LogP contribution in [0.3, 0.4) is 0 Å². The molecule has 4 rings (SSSR count). The normalized spacial score (nSPS) is 10.5. The number of ether oxygens (including phenoxy) is 1. The molecule has 0 bridgehead atoms. The van der Waals surface area contributed by atoms with E-state index in [0.29, 0.717) is 33.7 Å². The molecule has 0 fully saturated rings. The molecule has 0 saturated heterocycles. The molecule has 4 aromatic rings. The number of rotatable bonds is 6. The summed E-state index contributed by atoms with van der Waals surface area (Å²) in [5.41, 5.74) is 2.92. The monoisotopic (exact) mass is 428 g/mol. The van der Waals surface area contributed by atoms with Crippen molar-refractivity contribution >= 4 is 34.2 Å². The second kappa shape index (κ2) is 9.18. The smallest absolute Gasteiger partial charge is 0.262 e. The molecule has 2 amide bonds. The number of aryl methyl sites for hydroxylation is 1. The van der Waals surface area contributed by atoms with E-state index in [1.165, 1.54) is 12.3 Å². The lowest BCUT2D eigenvalue weighted by Gasteiger charge is -2.10. The third-order valence-corrected chi connectivity index (χ3v) is 4.72. The molecule has 1 heterocycles. The second-order valence-corrected chi connectivity index (χ2v) is 7.18. The summed E-state index contributed by atoms with van der Waals surface area (Å²) >= 11 is 0. The number of anilines is 2. The maximum Gasteiger partial charge on any atom is 0.262 e. The zero-order chi connectivity index (χ0) is 22.5. The number of nitrogens with one attached hydrogen (secondary N) is 2. The average molecular weight is 428 g/mol. The average Bonchev–Trinajstić information content (AvgIpc) is 2.78. The first-order valence-electron chi connectivity index (χ1n) is 9.90. The molecular weight excluding hydrogens is 408 g/mol. The van der Waals surface area contributed by atoms with Crippen molar-refractivity contribution in [3.05, 3.63) is 100 Å². The van der Waals surface area contributed by atoms with Gasteiger partial charge in [-0.2, -0.15) is 0 Å². The summed E-state index contributed by atoms with van der Waals surface area (Å²) in [6, 6.07) is 20.2. The Labute approximate surface area is 183 Å². The van der Waals surface area contributed by atoms with Gasteiger partial charge in [-0.3, -0.25) is 14.4 Å². The van der Waals surface area contributed by atoms with E-state index in [1.54, 1.807) is 54.6 Å². The van der Waals surface area contributed by atoms with E-state index in [2.05, 4.69) is 10.6 Å². The summed E-state index contributed by atoms with van der Waals surface area (Å²) in [5.74, 6) is -0.206. The number of hydrogen-bond donors (Lipinski definition) is 2. The fraction of sp³-hybridized carbons (Fsp3) is 0.0800. The van der Waals surface area contributed by atoms with Crippen molar-refractivity contribution in [3.8, 4) is 5.75 Å². The van der Waals surface area contributed by atoms with Gasteiger partial charge in [0.15, 0.2) is 12.0 Å². The third-order valence-electron chi connectivity index (χ3n) is 4.72. The van der Waals surface area contributed by atoms with Gasteiger partial charge in [-0.05, 0) is 49.4 Å². The lowest BCUT2D eigenvalue weighted by molar-refractivity contribution is -0.118. The van der Waals surface area contributed by atoms with Gasteiger partial charge in [-0.1, -0.05) is 23.8 Å². The third kappa shape index (κ3) is 5.02. The lowest BCUT2D eigenvalue weighted by Crippen LogP contribution is -2.20. The Balaban J connectivity index is 1.36. The van der Waals surface area contributed by atoms with Gasteiger partial charge in [0.2, 0.25) is 0 Å². The topological polar surface area (TPSA) is 97.6 Å². The maximum atomic E-state index is 12.4. The van der Waals surface area contributed by atoms with E-state index in [1.807, 2.05) is 19.1 Å². The van der Waals surface area contributed by atoms with Gasteiger partial charge in [0.1, 0.15) is 11.3 Å². The van der Waals surface area contributed by atoms with Crippen molar-refractivity contribution in [1.29, 1.82) is 0 Å². The Morgan fingerprint density at radius 1 is 0.906 bits per heavy atom. The van der Waals surface area contributed by atoms with Crippen LogP contribution in [0.15, 0.2) is 88.3 Å². The van der Waals surface area contributed by atoms with Gasteiger partial charge in [0.05, 0.1) is 11.6 Å². The quantitative estimate of drug-likeness (QED) is 0.475. The summed E-state index contributed by atoms with van der Waals surface area (Å²) in [6.45, 7) is 1.72. The first-order valence-corrected chi connectivity index (χ1v) is 9.90. The molecule has 2 N–H and O–H groups in total. The minimum Gasteiger partial charge on any atom is -0.484 e. The van der Waals surface area contributed by atoms with Crippen LogP contribution in [0, 0.1) is 6.92 Å². The highest BCUT2D eigenvalue weighted by Gasteiger charge is 2.09. The number of amides is 2. The van der Waals surface area contributed by atoms with Crippen molar-refractivity contribution in [2.24, 2.45) is 0 Å². The molecule has 0 aliphatic carbocycles. The molecule has 0 radical (unpaired) electrons. The van der Waals surface area contributed by atoms with E-state index in [0.717, 1.165) is 5.56 Å². The predicted molar refractivity (Wildman–Crippen MR) is 122 cm³/mol. The second-order valence-electron chi connectivity index (χ2n) is 7.18. The molecule has 0 aliphatic heterocycles. The molecule has 160 valence electrons. The van der Waals surface area contributed by atoms with Gasteiger partial charge in [-0.25, -0.2) is 0 Å². The highest BCUT2D eigenvalue weighted by atomic mass is 16.5. The number of hydrogen-bond acceptors (Lipinski definition) is 5. The Hall–Kier alpha value is -4.39. The zero-order valence-electron chi connectivity index (χ0n) is 17.3. The Kier molecular flexibility index (Phi) is 5.98. The highest BCUT2D eigenvalue weighted by Crippen LogP contribution is 2.19. The molecule has 0 spiro atoms. The van der Waals surface area contributed by atoms with E-state index >= 15 is 0 Å². The Morgan fingerprint density at radius 3 is 2.44 bits per heavy atom. The minimum absolute atomic E-state index is 0.148. The van der Waals surface area contributed by atoms with Crippen LogP contribution >= 0.6 is 0 Å². The van der Waals surface area contributed by atoms with Crippen molar-refractivity contribution < 1.29 is 18.7 Å². The Morgan fingerprint density at radius 2 is 1.66 bits per heavy atom. The number of fused-ring (bicyclic) bond motifs is 1. The van der Waals surface area contributed by atoms with Crippen LogP contribution in [0.1, 0.15) is 15.9 Å². The van der Waals surface area contributed by atoms with Gasteiger partial charge >= 0.3 is 0 Å². The Bertz CT molecular complexity index is 1340. The molecule has 7 heteroatoms. The standard InChI is InChI=1S/C25H20N2O5/c1-16-5-7-17(8-6-16)25(30)27-19-4-2-3-18(13-19)26-24(29)15-32-20-9-10-21-22(28)11-12-31-23(21)14-20/h2-14H,15H2,1H3,(H,26,29)(H,27,30). The van der Waals surface area contributed by atoms with Crippen LogP contribution in [0.4, 0.5) is 11.4 Å². The zero-order valence-corrected chi connectivity index (χ0v) is 17.3. The summed E-state index contributed by atoms with van der Waals surface area (Å²) in [4.78, 5) is 36.4. The molecule has 0 atom stereocenters. The van der Waals surface area contributed by atoms with Crippen LogP contribution in [0.2, 0.25) is 0 Å². The SMILES string of the molecule is Cc1ccc(C(=O)Nc2cccc(NC(=O)COc3ccc4c(=O)ccoc4c3)c2)cc1. The molecule has 1 aromatic heterocycles. The largest absolute Gasteiger partial charge is 0.484 e. The first-order chi connectivity index (χ1) is 15.5. The van der Waals surface area contributed by atoms with E-state index in [4.69, 9.17) is 9.15 Å². The van der Waals surface area contributed by atoms with Gasteiger partial charge < -0.3 is 19.8 Å². The molecule has 0 unspecified atom stereocenters. The summed E-state index contributed by atoms with van der Waals surface area (Å²) in [7, 11) is 0. The van der Waals surface area contributed by atoms with Crippen molar-refractivity contribution in [3.63, 3.8) is 0 Å². The molecule has 32 heavy (non-hydrogen) atoms. The number of carbonyl (C=O) groups is 2. The molecule has 7 nitrogen and oxygen atoms in total.